The second kappa shape index (κ2) is 9.94. The lowest BCUT2D eigenvalue weighted by Crippen LogP contribution is -2.50. The van der Waals surface area contributed by atoms with Gasteiger partial charge in [0.15, 0.2) is 0 Å². The molecule has 0 aromatic heterocycles. The summed E-state index contributed by atoms with van der Waals surface area (Å²) in [5.41, 5.74) is 0. The number of β-amino-alcohol motifs (C(OH)–C–C–N with tert-alkyl or cyclic N) is 1. The van der Waals surface area contributed by atoms with Gasteiger partial charge in [-0.1, -0.05) is 0 Å². The number of rotatable bonds is 8. The van der Waals surface area contributed by atoms with Gasteiger partial charge in [-0.2, -0.15) is 0 Å². The molecule has 2 rings (SSSR count). The highest BCUT2D eigenvalue weighted by molar-refractivity contribution is 4.78. The molecule has 2 saturated heterocycles. The van der Waals surface area contributed by atoms with Crippen LogP contribution in [-0.2, 0) is 0 Å². The quantitative estimate of drug-likeness (QED) is 0.713. The molecule has 2 aliphatic rings. The van der Waals surface area contributed by atoms with Crippen LogP contribution in [0.15, 0.2) is 0 Å². The molecular formula is C18H38N4O. The summed E-state index contributed by atoms with van der Waals surface area (Å²) in [5, 5.41) is 9.02. The van der Waals surface area contributed by atoms with E-state index in [4.69, 9.17) is 5.11 Å². The second-order valence-electron chi connectivity index (χ2n) is 7.56. The van der Waals surface area contributed by atoms with E-state index in [-0.39, 0.29) is 0 Å². The minimum absolute atomic E-state index is 0.291. The van der Waals surface area contributed by atoms with E-state index in [9.17, 15) is 0 Å². The Hall–Kier alpha value is -0.200. The van der Waals surface area contributed by atoms with Gasteiger partial charge in [0.25, 0.3) is 0 Å². The van der Waals surface area contributed by atoms with Crippen molar-refractivity contribution in [2.75, 3.05) is 72.1 Å². The van der Waals surface area contributed by atoms with Crippen LogP contribution in [0, 0.1) is 0 Å². The van der Waals surface area contributed by atoms with Crippen molar-refractivity contribution in [3.05, 3.63) is 0 Å². The lowest BCUT2D eigenvalue weighted by molar-refractivity contribution is 0.0801. The van der Waals surface area contributed by atoms with E-state index >= 15 is 0 Å². The molecule has 5 heteroatoms. The summed E-state index contributed by atoms with van der Waals surface area (Å²) in [6.45, 7) is 18.9. The Labute approximate surface area is 143 Å². The SMILES string of the molecule is CC(C)N1CCN(CCCC(C)N2CCN(CCO)CC2)CC1. The van der Waals surface area contributed by atoms with Gasteiger partial charge in [-0.3, -0.25) is 14.7 Å². The number of hydrogen-bond donors (Lipinski definition) is 1. The minimum Gasteiger partial charge on any atom is -0.395 e. The number of nitrogens with zero attached hydrogens (tertiary/aromatic N) is 4. The number of aliphatic hydroxyl groups excluding tert-OH is 1. The fourth-order valence-electron chi connectivity index (χ4n) is 3.87. The summed E-state index contributed by atoms with van der Waals surface area (Å²) in [6.07, 6.45) is 2.63. The normalized spacial score (nSPS) is 24.4. The van der Waals surface area contributed by atoms with Crippen LogP contribution in [0.2, 0.25) is 0 Å². The molecule has 0 saturated carbocycles. The fourth-order valence-corrected chi connectivity index (χ4v) is 3.87. The first kappa shape index (κ1) is 19.1. The van der Waals surface area contributed by atoms with Gasteiger partial charge in [0, 0.05) is 71.0 Å². The zero-order chi connectivity index (χ0) is 16.7. The molecule has 2 heterocycles. The molecule has 0 aromatic carbocycles. The maximum atomic E-state index is 9.02. The van der Waals surface area contributed by atoms with Crippen molar-refractivity contribution in [1.29, 1.82) is 0 Å². The van der Waals surface area contributed by atoms with Gasteiger partial charge in [-0.05, 0) is 40.2 Å². The average Bonchev–Trinajstić information content (AvgIpc) is 2.56. The van der Waals surface area contributed by atoms with E-state index in [0.29, 0.717) is 18.7 Å². The van der Waals surface area contributed by atoms with Gasteiger partial charge in [-0.25, -0.2) is 0 Å². The molecule has 2 fully saturated rings. The average molecular weight is 327 g/mol. The molecule has 0 aromatic rings. The predicted molar refractivity (Wildman–Crippen MR) is 96.9 cm³/mol. The first-order valence-corrected chi connectivity index (χ1v) is 9.64. The van der Waals surface area contributed by atoms with Crippen molar-refractivity contribution < 1.29 is 5.11 Å². The van der Waals surface area contributed by atoms with Crippen LogP contribution in [-0.4, -0.2) is 109 Å². The highest BCUT2D eigenvalue weighted by atomic mass is 16.3. The maximum absolute atomic E-state index is 9.02. The lowest BCUT2D eigenvalue weighted by atomic mass is 10.1. The maximum Gasteiger partial charge on any atom is 0.0558 e. The zero-order valence-electron chi connectivity index (χ0n) is 15.6. The van der Waals surface area contributed by atoms with Gasteiger partial charge < -0.3 is 10.0 Å². The van der Waals surface area contributed by atoms with Gasteiger partial charge in [0.2, 0.25) is 0 Å². The topological polar surface area (TPSA) is 33.2 Å². The van der Waals surface area contributed by atoms with Gasteiger partial charge in [0.1, 0.15) is 0 Å². The highest BCUT2D eigenvalue weighted by Gasteiger charge is 2.21. The van der Waals surface area contributed by atoms with Crippen molar-refractivity contribution in [3.8, 4) is 0 Å². The van der Waals surface area contributed by atoms with Crippen LogP contribution >= 0.6 is 0 Å². The Morgan fingerprint density at radius 3 is 1.78 bits per heavy atom. The summed E-state index contributed by atoms with van der Waals surface area (Å²) in [4.78, 5) is 10.2. The van der Waals surface area contributed by atoms with Crippen LogP contribution in [0.3, 0.4) is 0 Å². The monoisotopic (exact) mass is 326 g/mol. The molecule has 23 heavy (non-hydrogen) atoms. The molecule has 0 spiro atoms. The molecule has 136 valence electrons. The Morgan fingerprint density at radius 2 is 1.26 bits per heavy atom. The van der Waals surface area contributed by atoms with E-state index in [1.54, 1.807) is 0 Å². The van der Waals surface area contributed by atoms with Gasteiger partial charge in [-0.15, -0.1) is 0 Å². The summed E-state index contributed by atoms with van der Waals surface area (Å²) in [5.74, 6) is 0. The predicted octanol–water partition coefficient (Wildman–Crippen LogP) is 0.791. The number of piperazine rings is 2. The fraction of sp³-hybridized carbons (Fsp3) is 1.00. The molecule has 1 atom stereocenters. The molecular weight excluding hydrogens is 288 g/mol. The van der Waals surface area contributed by atoms with Crippen molar-refractivity contribution in [1.82, 2.24) is 19.6 Å². The van der Waals surface area contributed by atoms with E-state index < -0.39 is 0 Å². The summed E-state index contributed by atoms with van der Waals surface area (Å²) >= 11 is 0. The third kappa shape index (κ3) is 6.31. The second-order valence-corrected chi connectivity index (χ2v) is 7.56. The third-order valence-electron chi connectivity index (χ3n) is 5.68. The van der Waals surface area contributed by atoms with Crippen molar-refractivity contribution >= 4 is 0 Å². The third-order valence-corrected chi connectivity index (χ3v) is 5.68. The Kier molecular flexibility index (Phi) is 8.27. The van der Waals surface area contributed by atoms with E-state index in [0.717, 1.165) is 32.7 Å². The van der Waals surface area contributed by atoms with E-state index in [1.165, 1.54) is 45.6 Å². The minimum atomic E-state index is 0.291. The first-order valence-electron chi connectivity index (χ1n) is 9.64. The van der Waals surface area contributed by atoms with Crippen LogP contribution in [0.1, 0.15) is 33.6 Å². The molecule has 1 unspecified atom stereocenters. The van der Waals surface area contributed by atoms with E-state index in [2.05, 4.69) is 40.4 Å². The molecule has 1 N–H and O–H groups in total. The molecule has 0 radical (unpaired) electrons. The lowest BCUT2D eigenvalue weighted by Gasteiger charge is -2.39. The summed E-state index contributed by atoms with van der Waals surface area (Å²) in [7, 11) is 0. The highest BCUT2D eigenvalue weighted by Crippen LogP contribution is 2.12. The van der Waals surface area contributed by atoms with Crippen molar-refractivity contribution in [2.24, 2.45) is 0 Å². The molecule has 2 aliphatic heterocycles. The van der Waals surface area contributed by atoms with Gasteiger partial charge >= 0.3 is 0 Å². The zero-order valence-corrected chi connectivity index (χ0v) is 15.6. The molecule has 0 amide bonds. The van der Waals surface area contributed by atoms with Gasteiger partial charge in [0.05, 0.1) is 6.61 Å². The largest absolute Gasteiger partial charge is 0.395 e. The van der Waals surface area contributed by atoms with Crippen LogP contribution in [0.5, 0.6) is 0 Å². The number of hydrogen-bond acceptors (Lipinski definition) is 5. The number of aliphatic hydroxyl groups is 1. The standard InChI is InChI=1S/C18H38N4O/c1-17(2)21-11-7-19(8-12-21)6-4-5-18(3)22-13-9-20(10-14-22)15-16-23/h17-18,23H,4-16H2,1-3H3. The van der Waals surface area contributed by atoms with Crippen LogP contribution < -0.4 is 0 Å². The van der Waals surface area contributed by atoms with Crippen LogP contribution in [0.25, 0.3) is 0 Å². The molecule has 5 nitrogen and oxygen atoms in total. The Bertz CT molecular complexity index is 310. The smallest absolute Gasteiger partial charge is 0.0558 e. The molecule has 0 bridgehead atoms. The van der Waals surface area contributed by atoms with Crippen molar-refractivity contribution in [3.63, 3.8) is 0 Å². The molecule has 0 aliphatic carbocycles. The summed E-state index contributed by atoms with van der Waals surface area (Å²) < 4.78 is 0. The van der Waals surface area contributed by atoms with Crippen molar-refractivity contribution in [2.45, 2.75) is 45.7 Å². The van der Waals surface area contributed by atoms with E-state index in [1.807, 2.05) is 0 Å². The Morgan fingerprint density at radius 1 is 0.739 bits per heavy atom. The van der Waals surface area contributed by atoms with Crippen LogP contribution in [0.4, 0.5) is 0 Å². The first-order chi connectivity index (χ1) is 11.1. The Balaban J connectivity index is 1.56. The summed E-state index contributed by atoms with van der Waals surface area (Å²) in [6, 6.07) is 1.39.